The van der Waals surface area contributed by atoms with Crippen LogP contribution in [0.2, 0.25) is 0 Å². The topological polar surface area (TPSA) is 101 Å². The summed E-state index contributed by atoms with van der Waals surface area (Å²) in [5, 5.41) is 10.1. The SMILES string of the molecule is CC1(C)[C@H](NS(C)(=O)=O)CC[C@]2(C)[C@H]3C(=O)C=C4[C@@H]5C[C@@](C)(C(=O)O)CC[C@]5(C)CC[C@@]4(C)[C@]3(C)CC[C@@H]12. The molecular formula is C31H49NO5S. The van der Waals surface area contributed by atoms with Gasteiger partial charge in [-0.2, -0.15) is 0 Å². The molecule has 0 bridgehead atoms. The molecule has 0 heterocycles. The Labute approximate surface area is 229 Å². The number of rotatable bonds is 3. The molecular weight excluding hydrogens is 498 g/mol. The third-order valence-electron chi connectivity index (χ3n) is 13.5. The summed E-state index contributed by atoms with van der Waals surface area (Å²) in [6, 6.07) is -0.133. The highest BCUT2D eigenvalue weighted by molar-refractivity contribution is 7.88. The van der Waals surface area contributed by atoms with E-state index in [-0.39, 0.29) is 56.7 Å². The van der Waals surface area contributed by atoms with E-state index in [9.17, 15) is 23.1 Å². The van der Waals surface area contributed by atoms with Crippen molar-refractivity contribution >= 4 is 21.8 Å². The van der Waals surface area contributed by atoms with Crippen molar-refractivity contribution in [3.8, 4) is 0 Å². The van der Waals surface area contributed by atoms with Gasteiger partial charge in [0.25, 0.3) is 0 Å². The van der Waals surface area contributed by atoms with Gasteiger partial charge in [0.05, 0.1) is 11.7 Å². The van der Waals surface area contributed by atoms with Crippen LogP contribution in [-0.2, 0) is 19.6 Å². The van der Waals surface area contributed by atoms with E-state index in [0.29, 0.717) is 12.8 Å². The van der Waals surface area contributed by atoms with Crippen LogP contribution in [-0.4, -0.2) is 37.6 Å². The van der Waals surface area contributed by atoms with Crippen molar-refractivity contribution in [1.82, 2.24) is 4.72 Å². The maximum absolute atomic E-state index is 14.4. The highest BCUT2D eigenvalue weighted by atomic mass is 32.2. The van der Waals surface area contributed by atoms with E-state index in [2.05, 4.69) is 46.3 Å². The van der Waals surface area contributed by atoms with E-state index < -0.39 is 21.4 Å². The summed E-state index contributed by atoms with van der Waals surface area (Å²) in [6.07, 6.45) is 11.0. The molecule has 0 aromatic heterocycles. The molecule has 0 saturated heterocycles. The molecule has 214 valence electrons. The Hall–Kier alpha value is -1.21. The van der Waals surface area contributed by atoms with Crippen LogP contribution in [0.1, 0.15) is 106 Å². The number of allylic oxidation sites excluding steroid dienone is 2. The summed E-state index contributed by atoms with van der Waals surface area (Å²) >= 11 is 0. The fourth-order valence-corrected chi connectivity index (χ4v) is 11.8. The first kappa shape index (κ1) is 28.3. The van der Waals surface area contributed by atoms with Crippen LogP contribution < -0.4 is 4.72 Å². The highest BCUT2D eigenvalue weighted by Crippen LogP contribution is 2.75. The molecule has 4 saturated carbocycles. The summed E-state index contributed by atoms with van der Waals surface area (Å²) in [5.41, 5.74) is -0.295. The second kappa shape index (κ2) is 8.18. The molecule has 0 aromatic carbocycles. The molecule has 0 radical (unpaired) electrons. The minimum absolute atomic E-state index is 0.0439. The Morgan fingerprint density at radius 2 is 1.58 bits per heavy atom. The fraction of sp³-hybridized carbons (Fsp3) is 0.871. The molecule has 5 aliphatic carbocycles. The van der Waals surface area contributed by atoms with E-state index in [4.69, 9.17) is 0 Å². The summed E-state index contributed by atoms with van der Waals surface area (Å²) in [5.74, 6) is -0.241. The van der Waals surface area contributed by atoms with E-state index in [1.165, 1.54) is 11.8 Å². The van der Waals surface area contributed by atoms with Crippen molar-refractivity contribution in [1.29, 1.82) is 0 Å². The van der Waals surface area contributed by atoms with Gasteiger partial charge >= 0.3 is 5.97 Å². The van der Waals surface area contributed by atoms with Crippen molar-refractivity contribution in [2.75, 3.05) is 6.26 Å². The number of ketones is 1. The number of hydrogen-bond acceptors (Lipinski definition) is 4. The van der Waals surface area contributed by atoms with E-state index in [1.54, 1.807) is 0 Å². The van der Waals surface area contributed by atoms with Crippen molar-refractivity contribution < 1.29 is 23.1 Å². The lowest BCUT2D eigenvalue weighted by Crippen LogP contribution is -2.67. The van der Waals surface area contributed by atoms with Crippen LogP contribution in [0.15, 0.2) is 11.6 Å². The second-order valence-electron chi connectivity index (χ2n) is 15.9. The van der Waals surface area contributed by atoms with Crippen LogP contribution in [0.5, 0.6) is 0 Å². The third-order valence-corrected chi connectivity index (χ3v) is 14.2. The number of carbonyl (C=O) groups excluding carboxylic acids is 1. The lowest BCUT2D eigenvalue weighted by atomic mass is 9.33. The Morgan fingerprint density at radius 1 is 0.947 bits per heavy atom. The number of carbonyl (C=O) groups is 2. The van der Waals surface area contributed by atoms with Crippen molar-refractivity contribution in [3.05, 3.63) is 11.6 Å². The van der Waals surface area contributed by atoms with Crippen LogP contribution in [0.3, 0.4) is 0 Å². The first-order chi connectivity index (χ1) is 17.2. The molecule has 0 aromatic rings. The van der Waals surface area contributed by atoms with Gasteiger partial charge in [0, 0.05) is 12.0 Å². The van der Waals surface area contributed by atoms with Gasteiger partial charge in [0.15, 0.2) is 5.78 Å². The van der Waals surface area contributed by atoms with E-state index in [1.807, 2.05) is 13.0 Å². The summed E-state index contributed by atoms with van der Waals surface area (Å²) in [6.45, 7) is 15.7. The second-order valence-corrected chi connectivity index (χ2v) is 17.6. The summed E-state index contributed by atoms with van der Waals surface area (Å²) < 4.78 is 27.3. The maximum atomic E-state index is 14.4. The number of nitrogens with one attached hydrogen (secondary N) is 1. The zero-order valence-electron chi connectivity index (χ0n) is 24.7. The first-order valence-corrected chi connectivity index (χ1v) is 16.6. The first-order valence-electron chi connectivity index (χ1n) is 14.7. The van der Waals surface area contributed by atoms with Crippen molar-refractivity contribution in [3.63, 3.8) is 0 Å². The molecule has 2 N–H and O–H groups in total. The molecule has 5 aliphatic rings. The average Bonchev–Trinajstić information content (AvgIpc) is 2.77. The van der Waals surface area contributed by atoms with Gasteiger partial charge in [-0.25, -0.2) is 13.1 Å². The quantitative estimate of drug-likeness (QED) is 0.453. The fourth-order valence-electron chi connectivity index (χ4n) is 10.9. The van der Waals surface area contributed by atoms with Crippen molar-refractivity contribution in [2.24, 2.45) is 50.2 Å². The monoisotopic (exact) mass is 547 g/mol. The minimum atomic E-state index is -3.33. The smallest absolute Gasteiger partial charge is 0.309 e. The Balaban J connectivity index is 1.57. The zero-order valence-corrected chi connectivity index (χ0v) is 25.6. The number of sulfonamides is 1. The Kier molecular flexibility index (Phi) is 6.09. The van der Waals surface area contributed by atoms with E-state index in [0.717, 1.165) is 44.9 Å². The molecule has 4 fully saturated rings. The van der Waals surface area contributed by atoms with Crippen LogP contribution >= 0.6 is 0 Å². The zero-order chi connectivity index (χ0) is 28.3. The third kappa shape index (κ3) is 3.69. The predicted molar refractivity (Wildman–Crippen MR) is 149 cm³/mol. The number of hydrogen-bond donors (Lipinski definition) is 2. The molecule has 0 spiro atoms. The lowest BCUT2D eigenvalue weighted by molar-refractivity contribution is -0.188. The summed E-state index contributed by atoms with van der Waals surface area (Å²) in [4.78, 5) is 26.7. The lowest BCUT2D eigenvalue weighted by Gasteiger charge is -2.70. The largest absolute Gasteiger partial charge is 0.481 e. The normalized spacial score (nSPS) is 50.1. The van der Waals surface area contributed by atoms with Gasteiger partial charge in [-0.05, 0) is 110 Å². The Morgan fingerprint density at radius 3 is 2.18 bits per heavy atom. The van der Waals surface area contributed by atoms with Gasteiger partial charge in [-0.15, -0.1) is 0 Å². The maximum Gasteiger partial charge on any atom is 0.309 e. The number of fused-ring (bicyclic) bond motifs is 7. The molecule has 0 unspecified atom stereocenters. The molecule has 0 amide bonds. The highest BCUT2D eigenvalue weighted by Gasteiger charge is 2.70. The standard InChI is InChI=1S/C31H49NO5S/c1-26(2)22-9-12-31(7)24(29(22,5)11-10-23(26)32-38(8,36)37)21(33)17-19-20-18-28(4,25(34)35)14-13-27(20,3)15-16-30(19,31)6/h17,20,22-24,32H,9-16,18H2,1-8H3,(H,34,35)/t20-,22-,23+,24+,27+,28-,29-,30+,31+/m0/s1. The summed E-state index contributed by atoms with van der Waals surface area (Å²) in [7, 11) is -3.33. The van der Waals surface area contributed by atoms with Crippen molar-refractivity contribution in [2.45, 2.75) is 112 Å². The van der Waals surface area contributed by atoms with E-state index >= 15 is 0 Å². The number of aliphatic carboxylic acids is 1. The van der Waals surface area contributed by atoms with Crippen LogP contribution in [0.4, 0.5) is 0 Å². The molecule has 6 nitrogen and oxygen atoms in total. The van der Waals surface area contributed by atoms with Gasteiger partial charge in [0.2, 0.25) is 10.0 Å². The average molecular weight is 548 g/mol. The predicted octanol–water partition coefficient (Wildman–Crippen LogP) is 5.97. The van der Waals surface area contributed by atoms with Gasteiger partial charge in [-0.1, -0.05) is 47.1 Å². The Bertz CT molecular complexity index is 1210. The van der Waals surface area contributed by atoms with Gasteiger partial charge in [0.1, 0.15) is 0 Å². The van der Waals surface area contributed by atoms with Gasteiger partial charge in [-0.3, -0.25) is 9.59 Å². The van der Waals surface area contributed by atoms with Crippen LogP contribution in [0, 0.1) is 50.2 Å². The molecule has 0 aliphatic heterocycles. The molecule has 7 heteroatoms. The molecule has 5 rings (SSSR count). The number of carboxylic acids is 1. The van der Waals surface area contributed by atoms with Gasteiger partial charge < -0.3 is 5.11 Å². The number of carboxylic acid groups (broad SMARTS) is 1. The minimum Gasteiger partial charge on any atom is -0.481 e. The van der Waals surface area contributed by atoms with Crippen LogP contribution in [0.25, 0.3) is 0 Å². The molecule has 38 heavy (non-hydrogen) atoms. The molecule has 9 atom stereocenters.